The first kappa shape index (κ1) is 15.9. The minimum Gasteiger partial charge on any atom is -0.389 e. The van der Waals surface area contributed by atoms with Crippen molar-refractivity contribution in [2.24, 2.45) is 5.73 Å². The number of carbonyl (C=O) groups excluding carboxylic acids is 1. The number of thiocarbonyl (C=S) groups is 1. The number of rotatable bonds is 4. The van der Waals surface area contributed by atoms with Crippen molar-refractivity contribution >= 4 is 33.1 Å². The van der Waals surface area contributed by atoms with E-state index in [-0.39, 0.29) is 21.8 Å². The number of amides is 1. The topological polar surface area (TPSA) is 92.5 Å². The van der Waals surface area contributed by atoms with Crippen molar-refractivity contribution in [3.8, 4) is 0 Å². The summed E-state index contributed by atoms with van der Waals surface area (Å²) in [5.41, 5.74) is 6.02. The third-order valence-electron chi connectivity index (χ3n) is 3.38. The average Bonchev–Trinajstić information content (AvgIpc) is 2.43. The van der Waals surface area contributed by atoms with E-state index in [0.717, 1.165) is 0 Å². The van der Waals surface area contributed by atoms with Gasteiger partial charge >= 0.3 is 0 Å². The molecule has 114 valence electrons. The molecule has 0 spiro atoms. The predicted octanol–water partition coefficient (Wildman–Crippen LogP) is 0.220. The maximum absolute atomic E-state index is 12.4. The zero-order valence-corrected chi connectivity index (χ0v) is 13.2. The third-order valence-corrected chi connectivity index (χ3v) is 5.13. The Hall–Kier alpha value is -1.51. The van der Waals surface area contributed by atoms with Crippen molar-refractivity contribution in [2.45, 2.75) is 23.8 Å². The minimum absolute atomic E-state index is 0.0286. The van der Waals surface area contributed by atoms with Gasteiger partial charge in [-0.05, 0) is 18.6 Å². The molecule has 0 radical (unpaired) electrons. The van der Waals surface area contributed by atoms with Crippen molar-refractivity contribution in [3.63, 3.8) is 0 Å². The highest BCUT2D eigenvalue weighted by molar-refractivity contribution is 7.89. The van der Waals surface area contributed by atoms with Gasteiger partial charge in [0, 0.05) is 31.6 Å². The van der Waals surface area contributed by atoms with Crippen molar-refractivity contribution < 1.29 is 13.2 Å². The molecule has 6 nitrogen and oxygen atoms in total. The van der Waals surface area contributed by atoms with E-state index >= 15 is 0 Å². The number of nitrogens with one attached hydrogen (secondary N) is 1. The molecule has 1 aliphatic heterocycles. The van der Waals surface area contributed by atoms with Crippen LogP contribution in [-0.2, 0) is 14.8 Å². The second-order valence-corrected chi connectivity index (χ2v) is 7.18. The summed E-state index contributed by atoms with van der Waals surface area (Å²) in [6.45, 7) is 0.368. The van der Waals surface area contributed by atoms with E-state index in [1.165, 1.54) is 17.0 Å². The van der Waals surface area contributed by atoms with E-state index in [0.29, 0.717) is 24.9 Å². The fraction of sp³-hybridized carbons (Fsp3) is 0.385. The highest BCUT2D eigenvalue weighted by atomic mass is 32.2. The van der Waals surface area contributed by atoms with E-state index in [2.05, 4.69) is 4.72 Å². The second kappa shape index (κ2) is 6.08. The Bertz CT molecular complexity index is 673. The van der Waals surface area contributed by atoms with Crippen LogP contribution in [0.2, 0.25) is 0 Å². The van der Waals surface area contributed by atoms with Gasteiger partial charge in [0.15, 0.2) is 0 Å². The van der Waals surface area contributed by atoms with Crippen LogP contribution < -0.4 is 10.5 Å². The fourth-order valence-electron chi connectivity index (χ4n) is 2.21. The molecule has 0 aromatic heterocycles. The highest BCUT2D eigenvalue weighted by Crippen LogP contribution is 2.15. The summed E-state index contributed by atoms with van der Waals surface area (Å²) in [7, 11) is -2.00. The summed E-state index contributed by atoms with van der Waals surface area (Å²) in [4.78, 5) is 13.2. The van der Waals surface area contributed by atoms with E-state index in [1.807, 2.05) is 0 Å². The van der Waals surface area contributed by atoms with Crippen LogP contribution in [-0.4, -0.2) is 43.8 Å². The Balaban J connectivity index is 2.17. The Kier molecular flexibility index (Phi) is 4.60. The smallest absolute Gasteiger partial charge is 0.240 e. The Morgan fingerprint density at radius 2 is 2.19 bits per heavy atom. The monoisotopic (exact) mass is 327 g/mol. The number of hydrogen-bond donors (Lipinski definition) is 2. The molecular weight excluding hydrogens is 310 g/mol. The van der Waals surface area contributed by atoms with Crippen molar-refractivity contribution in [1.29, 1.82) is 0 Å². The first-order chi connectivity index (χ1) is 9.79. The standard InChI is InChI=1S/C13H17N3O3S2/c1-16-8-10(5-6-12(16)17)15-21(18,19)11-4-2-3-9(7-11)13(14)20/h2-4,7,10,15H,5-6,8H2,1H3,(H2,14,20). The number of benzene rings is 1. The van der Waals surface area contributed by atoms with E-state index < -0.39 is 10.0 Å². The fourth-order valence-corrected chi connectivity index (χ4v) is 3.65. The van der Waals surface area contributed by atoms with Crippen LogP contribution in [0.1, 0.15) is 18.4 Å². The molecule has 0 bridgehead atoms. The summed E-state index contributed by atoms with van der Waals surface area (Å²) in [6, 6.07) is 5.91. The Morgan fingerprint density at radius 1 is 1.48 bits per heavy atom. The molecule has 1 aromatic rings. The summed E-state index contributed by atoms with van der Waals surface area (Å²) < 4.78 is 27.4. The minimum atomic E-state index is -3.66. The third kappa shape index (κ3) is 3.78. The summed E-state index contributed by atoms with van der Waals surface area (Å²) in [6.07, 6.45) is 0.841. The number of nitrogens with zero attached hydrogens (tertiary/aromatic N) is 1. The van der Waals surface area contributed by atoms with Gasteiger partial charge in [-0.2, -0.15) is 0 Å². The van der Waals surface area contributed by atoms with Gasteiger partial charge in [-0.3, -0.25) is 4.79 Å². The molecule has 0 aliphatic carbocycles. The molecule has 1 unspecified atom stereocenters. The van der Waals surface area contributed by atoms with Gasteiger partial charge in [0.05, 0.1) is 4.90 Å². The predicted molar refractivity (Wildman–Crippen MR) is 83.3 cm³/mol. The number of piperidine rings is 1. The molecule has 1 fully saturated rings. The van der Waals surface area contributed by atoms with Crippen LogP contribution in [0.4, 0.5) is 0 Å². The zero-order valence-electron chi connectivity index (χ0n) is 11.6. The summed E-state index contributed by atoms with van der Waals surface area (Å²) in [5, 5.41) is 0. The maximum atomic E-state index is 12.4. The quantitative estimate of drug-likeness (QED) is 0.772. The van der Waals surface area contributed by atoms with Gasteiger partial charge < -0.3 is 10.6 Å². The first-order valence-corrected chi connectivity index (χ1v) is 8.35. The molecule has 1 heterocycles. The highest BCUT2D eigenvalue weighted by Gasteiger charge is 2.27. The number of carbonyl (C=O) groups is 1. The molecular formula is C13H17N3O3S2. The lowest BCUT2D eigenvalue weighted by Gasteiger charge is -2.29. The Morgan fingerprint density at radius 3 is 2.81 bits per heavy atom. The first-order valence-electron chi connectivity index (χ1n) is 6.46. The summed E-state index contributed by atoms with van der Waals surface area (Å²) >= 11 is 4.85. The van der Waals surface area contributed by atoms with E-state index in [1.54, 1.807) is 19.2 Å². The van der Waals surface area contributed by atoms with Crippen molar-refractivity contribution in [3.05, 3.63) is 29.8 Å². The van der Waals surface area contributed by atoms with Crippen molar-refractivity contribution in [1.82, 2.24) is 9.62 Å². The Labute approximate surface area is 129 Å². The summed E-state index contributed by atoms with van der Waals surface area (Å²) in [5.74, 6) is 0.0286. The largest absolute Gasteiger partial charge is 0.389 e. The van der Waals surface area contributed by atoms with Gasteiger partial charge in [0.25, 0.3) is 0 Å². The number of likely N-dealkylation sites (tertiary alicyclic amines) is 1. The molecule has 1 aromatic carbocycles. The van der Waals surface area contributed by atoms with E-state index in [4.69, 9.17) is 18.0 Å². The van der Waals surface area contributed by atoms with Crippen LogP contribution >= 0.6 is 12.2 Å². The number of hydrogen-bond acceptors (Lipinski definition) is 4. The number of nitrogens with two attached hydrogens (primary N) is 1. The van der Waals surface area contributed by atoms with Gasteiger partial charge in [-0.1, -0.05) is 24.4 Å². The number of likely N-dealkylation sites (N-methyl/N-ethyl adjacent to an activating group) is 1. The number of sulfonamides is 1. The molecule has 3 N–H and O–H groups in total. The molecule has 2 rings (SSSR count). The SMILES string of the molecule is CN1CC(NS(=O)(=O)c2cccc(C(N)=S)c2)CCC1=O. The molecule has 21 heavy (non-hydrogen) atoms. The molecule has 1 aliphatic rings. The van der Waals surface area contributed by atoms with Crippen LogP contribution in [0.3, 0.4) is 0 Å². The molecule has 0 saturated carbocycles. The lowest BCUT2D eigenvalue weighted by Crippen LogP contribution is -2.48. The normalized spacial score (nSPS) is 19.6. The van der Waals surface area contributed by atoms with Crippen LogP contribution in [0, 0.1) is 0 Å². The van der Waals surface area contributed by atoms with Crippen molar-refractivity contribution in [2.75, 3.05) is 13.6 Å². The van der Waals surface area contributed by atoms with Gasteiger partial charge in [0.2, 0.25) is 15.9 Å². The van der Waals surface area contributed by atoms with E-state index in [9.17, 15) is 13.2 Å². The van der Waals surface area contributed by atoms with Gasteiger partial charge in [0.1, 0.15) is 4.99 Å². The molecule has 1 saturated heterocycles. The zero-order chi connectivity index (χ0) is 15.6. The molecule has 1 atom stereocenters. The van der Waals surface area contributed by atoms with Gasteiger partial charge in [-0.25, -0.2) is 13.1 Å². The van der Waals surface area contributed by atoms with Gasteiger partial charge in [-0.15, -0.1) is 0 Å². The maximum Gasteiger partial charge on any atom is 0.240 e. The van der Waals surface area contributed by atoms with Crippen LogP contribution in [0.5, 0.6) is 0 Å². The molecule has 8 heteroatoms. The lowest BCUT2D eigenvalue weighted by atomic mass is 10.1. The van der Waals surface area contributed by atoms with Crippen LogP contribution in [0.15, 0.2) is 29.2 Å². The molecule has 1 amide bonds. The average molecular weight is 327 g/mol. The lowest BCUT2D eigenvalue weighted by molar-refractivity contribution is -0.132. The second-order valence-electron chi connectivity index (χ2n) is 5.02. The van der Waals surface area contributed by atoms with Crippen LogP contribution in [0.25, 0.3) is 0 Å².